The summed E-state index contributed by atoms with van der Waals surface area (Å²) in [5, 5.41) is 11.6. The number of ether oxygens (including phenoxy) is 3. The molecule has 1 N–H and O–H groups in total. The van der Waals surface area contributed by atoms with Crippen LogP contribution in [0.5, 0.6) is 17.2 Å². The third kappa shape index (κ3) is 8.28. The maximum absolute atomic E-state index is 13.5. The molecular weight excluding hydrogens is 532 g/mol. The van der Waals surface area contributed by atoms with E-state index >= 15 is 0 Å². The van der Waals surface area contributed by atoms with E-state index in [0.717, 1.165) is 51.7 Å². The van der Waals surface area contributed by atoms with Crippen molar-refractivity contribution in [2.75, 3.05) is 46.5 Å². The first-order valence-electron chi connectivity index (χ1n) is 15.4. The van der Waals surface area contributed by atoms with Crippen LogP contribution in [0.1, 0.15) is 83.4 Å². The number of amides is 1. The number of rotatable bonds is 18. The van der Waals surface area contributed by atoms with Crippen LogP contribution in [0.4, 0.5) is 0 Å². The molecule has 0 aromatic heterocycles. The second-order valence-electron chi connectivity index (χ2n) is 10.6. The van der Waals surface area contributed by atoms with Crippen molar-refractivity contribution in [2.45, 2.75) is 72.3 Å². The van der Waals surface area contributed by atoms with Crippen LogP contribution in [0.25, 0.3) is 5.76 Å². The van der Waals surface area contributed by atoms with Crippen molar-refractivity contribution in [1.29, 1.82) is 0 Å². The van der Waals surface area contributed by atoms with E-state index in [1.165, 1.54) is 0 Å². The van der Waals surface area contributed by atoms with Crippen LogP contribution in [0.15, 0.2) is 48.0 Å². The molecule has 1 aliphatic heterocycles. The summed E-state index contributed by atoms with van der Waals surface area (Å²) in [6.45, 7) is 12.6. The molecule has 2 aromatic carbocycles. The number of ketones is 1. The molecule has 230 valence electrons. The standard InChI is InChI=1S/C34H48N2O6/c1-6-10-12-22-42-28-18-17-25(24-29(28)40-5)31-30(32(37)26-15-13-16-27(23-26)41-21-11-7-2)33(38)34(39)36(31)20-14-19-35(8-3)9-4/h13,15-18,23-24,31,37H,6-12,14,19-22H2,1-5H3/b32-30+. The van der Waals surface area contributed by atoms with Crippen molar-refractivity contribution in [2.24, 2.45) is 0 Å². The number of likely N-dealkylation sites (tertiary alicyclic amines) is 1. The summed E-state index contributed by atoms with van der Waals surface area (Å²) in [6.07, 6.45) is 5.72. The van der Waals surface area contributed by atoms with Crippen LogP contribution < -0.4 is 14.2 Å². The van der Waals surface area contributed by atoms with Crippen LogP contribution in [-0.4, -0.2) is 73.1 Å². The Bertz CT molecular complexity index is 1210. The number of carbonyl (C=O) groups excluding carboxylic acids is 2. The summed E-state index contributed by atoms with van der Waals surface area (Å²) in [4.78, 5) is 30.8. The molecular formula is C34H48N2O6. The number of hydrogen-bond acceptors (Lipinski definition) is 7. The lowest BCUT2D eigenvalue weighted by Crippen LogP contribution is -2.33. The third-order valence-corrected chi connectivity index (χ3v) is 7.69. The number of aliphatic hydroxyl groups excluding tert-OH is 1. The third-order valence-electron chi connectivity index (χ3n) is 7.69. The molecule has 0 aliphatic carbocycles. The maximum Gasteiger partial charge on any atom is 0.295 e. The Kier molecular flexibility index (Phi) is 13.2. The van der Waals surface area contributed by atoms with Gasteiger partial charge < -0.3 is 29.1 Å². The summed E-state index contributed by atoms with van der Waals surface area (Å²) in [5.41, 5.74) is 1.16. The number of hydrogen-bond donors (Lipinski definition) is 1. The van der Waals surface area contributed by atoms with Crippen LogP contribution >= 0.6 is 0 Å². The van der Waals surface area contributed by atoms with Crippen molar-refractivity contribution in [3.63, 3.8) is 0 Å². The van der Waals surface area contributed by atoms with Gasteiger partial charge in [0.2, 0.25) is 0 Å². The van der Waals surface area contributed by atoms with Gasteiger partial charge in [-0.15, -0.1) is 0 Å². The predicted octanol–water partition coefficient (Wildman–Crippen LogP) is 6.60. The van der Waals surface area contributed by atoms with Gasteiger partial charge >= 0.3 is 0 Å². The molecule has 1 heterocycles. The number of Topliss-reactive ketones (excluding diaryl/α,β-unsaturated/α-hetero) is 1. The monoisotopic (exact) mass is 580 g/mol. The molecule has 1 amide bonds. The SMILES string of the molecule is CCCCCOc1ccc(C2/C(=C(\O)c3cccc(OCCCC)c3)C(=O)C(=O)N2CCCN(CC)CC)cc1OC. The summed E-state index contributed by atoms with van der Waals surface area (Å²) in [7, 11) is 1.57. The van der Waals surface area contributed by atoms with Gasteiger partial charge in [0, 0.05) is 12.1 Å². The van der Waals surface area contributed by atoms with Crippen LogP contribution in [0.3, 0.4) is 0 Å². The Morgan fingerprint density at radius 1 is 0.881 bits per heavy atom. The lowest BCUT2D eigenvalue weighted by Gasteiger charge is -2.27. The zero-order valence-electron chi connectivity index (χ0n) is 26.0. The molecule has 1 aliphatic rings. The van der Waals surface area contributed by atoms with Crippen molar-refractivity contribution in [3.8, 4) is 17.2 Å². The maximum atomic E-state index is 13.5. The van der Waals surface area contributed by atoms with E-state index in [-0.39, 0.29) is 11.3 Å². The minimum Gasteiger partial charge on any atom is -0.507 e. The molecule has 1 atom stereocenters. The van der Waals surface area contributed by atoms with E-state index in [1.54, 1.807) is 36.3 Å². The molecule has 2 aromatic rings. The van der Waals surface area contributed by atoms with Crippen molar-refractivity contribution >= 4 is 17.4 Å². The number of carbonyl (C=O) groups is 2. The highest BCUT2D eigenvalue weighted by Crippen LogP contribution is 2.42. The number of benzene rings is 2. The number of nitrogens with zero attached hydrogens (tertiary/aromatic N) is 2. The van der Waals surface area contributed by atoms with E-state index < -0.39 is 17.7 Å². The highest BCUT2D eigenvalue weighted by Gasteiger charge is 2.46. The quantitative estimate of drug-likeness (QED) is 0.0920. The molecule has 8 nitrogen and oxygen atoms in total. The Hall–Kier alpha value is -3.52. The zero-order chi connectivity index (χ0) is 30.5. The largest absolute Gasteiger partial charge is 0.507 e. The fraction of sp³-hybridized carbons (Fsp3) is 0.529. The highest BCUT2D eigenvalue weighted by molar-refractivity contribution is 6.46. The Morgan fingerprint density at radius 3 is 2.31 bits per heavy atom. The first-order chi connectivity index (χ1) is 20.4. The van der Waals surface area contributed by atoms with Gasteiger partial charge in [0.25, 0.3) is 11.7 Å². The molecule has 0 bridgehead atoms. The Labute approximate surface area is 251 Å². The lowest BCUT2D eigenvalue weighted by atomic mass is 9.95. The van der Waals surface area contributed by atoms with Gasteiger partial charge in [0.1, 0.15) is 11.5 Å². The van der Waals surface area contributed by atoms with Gasteiger partial charge in [-0.2, -0.15) is 0 Å². The van der Waals surface area contributed by atoms with Crippen LogP contribution in [0, 0.1) is 0 Å². The van der Waals surface area contributed by atoms with E-state index in [2.05, 4.69) is 32.6 Å². The summed E-state index contributed by atoms with van der Waals surface area (Å²) < 4.78 is 17.5. The van der Waals surface area contributed by atoms with Gasteiger partial charge in [0.05, 0.1) is 31.9 Å². The second-order valence-corrected chi connectivity index (χ2v) is 10.6. The van der Waals surface area contributed by atoms with Gasteiger partial charge in [0.15, 0.2) is 11.5 Å². The fourth-order valence-electron chi connectivity index (χ4n) is 5.19. The van der Waals surface area contributed by atoms with Gasteiger partial charge in [-0.05, 0) is 68.7 Å². The molecule has 0 saturated carbocycles. The van der Waals surface area contributed by atoms with Crippen molar-refractivity contribution in [3.05, 3.63) is 59.2 Å². The average Bonchev–Trinajstić information content (AvgIpc) is 3.26. The smallest absolute Gasteiger partial charge is 0.295 e. The summed E-state index contributed by atoms with van der Waals surface area (Å²) in [6, 6.07) is 11.7. The van der Waals surface area contributed by atoms with Crippen molar-refractivity contribution < 1.29 is 28.9 Å². The van der Waals surface area contributed by atoms with E-state index in [4.69, 9.17) is 14.2 Å². The van der Waals surface area contributed by atoms with Crippen LogP contribution in [-0.2, 0) is 9.59 Å². The molecule has 8 heteroatoms. The lowest BCUT2D eigenvalue weighted by molar-refractivity contribution is -0.140. The molecule has 0 spiro atoms. The van der Waals surface area contributed by atoms with E-state index in [9.17, 15) is 14.7 Å². The number of aliphatic hydroxyl groups is 1. The van der Waals surface area contributed by atoms with E-state index in [0.29, 0.717) is 54.6 Å². The molecule has 1 unspecified atom stereocenters. The van der Waals surface area contributed by atoms with Crippen molar-refractivity contribution in [1.82, 2.24) is 9.80 Å². The molecule has 42 heavy (non-hydrogen) atoms. The first kappa shape index (κ1) is 33.0. The Balaban J connectivity index is 2.03. The Morgan fingerprint density at radius 2 is 1.62 bits per heavy atom. The topological polar surface area (TPSA) is 88.5 Å². The average molecular weight is 581 g/mol. The predicted molar refractivity (Wildman–Crippen MR) is 166 cm³/mol. The normalized spacial score (nSPS) is 16.3. The molecule has 0 radical (unpaired) electrons. The molecule has 1 saturated heterocycles. The van der Waals surface area contributed by atoms with E-state index in [1.807, 2.05) is 18.2 Å². The molecule has 3 rings (SSSR count). The second kappa shape index (κ2) is 16.8. The summed E-state index contributed by atoms with van der Waals surface area (Å²) in [5.74, 6) is 0.191. The minimum absolute atomic E-state index is 0.0622. The fourth-order valence-corrected chi connectivity index (χ4v) is 5.19. The number of unbranched alkanes of at least 4 members (excludes halogenated alkanes) is 3. The van der Waals surface area contributed by atoms with Crippen LogP contribution in [0.2, 0.25) is 0 Å². The zero-order valence-corrected chi connectivity index (χ0v) is 26.0. The summed E-state index contributed by atoms with van der Waals surface area (Å²) >= 11 is 0. The van der Waals surface area contributed by atoms with Gasteiger partial charge in [-0.3, -0.25) is 9.59 Å². The molecule has 1 fully saturated rings. The highest BCUT2D eigenvalue weighted by atomic mass is 16.5. The van der Waals surface area contributed by atoms with Gasteiger partial charge in [-0.25, -0.2) is 0 Å². The van der Waals surface area contributed by atoms with Gasteiger partial charge in [-0.1, -0.05) is 65.2 Å². The first-order valence-corrected chi connectivity index (χ1v) is 15.4. The number of methoxy groups -OCH3 is 1. The minimum atomic E-state index is -0.769.